The predicted molar refractivity (Wildman–Crippen MR) is 137 cm³/mol. The fraction of sp³-hybridized carbons (Fsp3) is 0.393. The second kappa shape index (κ2) is 10.7. The van der Waals surface area contributed by atoms with Gasteiger partial charge in [0.25, 0.3) is 5.91 Å². The molecule has 0 radical (unpaired) electrons. The number of aromatic nitrogens is 2. The van der Waals surface area contributed by atoms with E-state index in [1.54, 1.807) is 19.1 Å². The Morgan fingerprint density at radius 3 is 2.41 bits per heavy atom. The third-order valence-corrected chi connectivity index (χ3v) is 6.56. The molecule has 0 fully saturated rings. The molecular weight excluding hydrogens is 477 g/mol. The van der Waals surface area contributed by atoms with Crippen LogP contribution in [0.2, 0.25) is 0 Å². The number of hydrogen-bond acceptors (Lipinski definition) is 5. The Kier molecular flexibility index (Phi) is 8.07. The lowest BCUT2D eigenvalue weighted by molar-refractivity contribution is -0.137. The number of carboxylic acid groups (broad SMARTS) is 1. The zero-order valence-corrected chi connectivity index (χ0v) is 22.0. The highest BCUT2D eigenvalue weighted by Crippen LogP contribution is 2.31. The molecule has 1 heterocycles. The van der Waals surface area contributed by atoms with E-state index >= 15 is 0 Å². The van der Waals surface area contributed by atoms with Gasteiger partial charge in [0, 0.05) is 6.07 Å². The lowest BCUT2D eigenvalue weighted by Crippen LogP contribution is -2.45. The van der Waals surface area contributed by atoms with E-state index in [9.17, 15) is 24.2 Å². The van der Waals surface area contributed by atoms with E-state index in [1.807, 2.05) is 46.8 Å². The summed E-state index contributed by atoms with van der Waals surface area (Å²) in [5.41, 5.74) is 1.10. The van der Waals surface area contributed by atoms with Crippen LogP contribution in [0.25, 0.3) is 5.69 Å². The van der Waals surface area contributed by atoms with Gasteiger partial charge in [-0.2, -0.15) is 5.10 Å². The number of hydrogen-bond donors (Lipinski definition) is 3. The van der Waals surface area contributed by atoms with Crippen LogP contribution in [-0.4, -0.2) is 44.1 Å². The quantitative estimate of drug-likeness (QED) is 0.382. The minimum Gasteiger partial charge on any atom is -0.481 e. The minimum absolute atomic E-state index is 0.0465. The standard InChI is InChI=1S/C28H34FN3O5/c1-17-10-11-21(18(2)12-17)22(15-25(33)34)30-26(35)23-14-24(37-16-28(6,36)27(3,4)5)32(31-23)20-9-7-8-19(29)13-20/h7-14,22,36H,15-16H2,1-6H3,(H,30,35)(H,33,34)/t22-,28+/m0/s1. The van der Waals surface area contributed by atoms with Crippen molar-refractivity contribution in [1.29, 1.82) is 0 Å². The average molecular weight is 512 g/mol. The van der Waals surface area contributed by atoms with Gasteiger partial charge in [-0.05, 0) is 55.5 Å². The summed E-state index contributed by atoms with van der Waals surface area (Å²) in [6, 6.07) is 11.8. The summed E-state index contributed by atoms with van der Waals surface area (Å²) in [4.78, 5) is 24.8. The Morgan fingerprint density at radius 2 is 1.81 bits per heavy atom. The fourth-order valence-corrected chi connectivity index (χ4v) is 3.66. The van der Waals surface area contributed by atoms with Crippen molar-refractivity contribution in [1.82, 2.24) is 15.1 Å². The number of carboxylic acids is 1. The Hall–Kier alpha value is -3.72. The molecule has 3 N–H and O–H groups in total. The number of aliphatic hydroxyl groups is 1. The fourth-order valence-electron chi connectivity index (χ4n) is 3.66. The van der Waals surface area contributed by atoms with Crippen LogP contribution in [0.1, 0.15) is 67.3 Å². The summed E-state index contributed by atoms with van der Waals surface area (Å²) in [5, 5.41) is 27.4. The number of aliphatic carboxylic acids is 1. The molecule has 3 rings (SSSR count). The van der Waals surface area contributed by atoms with Gasteiger partial charge in [-0.25, -0.2) is 9.07 Å². The van der Waals surface area contributed by atoms with E-state index in [0.29, 0.717) is 11.3 Å². The molecule has 3 aromatic rings. The number of aryl methyl sites for hydroxylation is 2. The molecular formula is C28H34FN3O5. The van der Waals surface area contributed by atoms with Crippen molar-refractivity contribution in [3.8, 4) is 11.6 Å². The maximum Gasteiger partial charge on any atom is 0.305 e. The predicted octanol–water partition coefficient (Wildman–Crippen LogP) is 4.75. The van der Waals surface area contributed by atoms with Crippen molar-refractivity contribution in [3.05, 3.63) is 76.7 Å². The highest BCUT2D eigenvalue weighted by molar-refractivity contribution is 5.93. The van der Waals surface area contributed by atoms with E-state index in [-0.39, 0.29) is 24.6 Å². The number of rotatable bonds is 9. The number of benzene rings is 2. The molecule has 37 heavy (non-hydrogen) atoms. The summed E-state index contributed by atoms with van der Waals surface area (Å²) >= 11 is 0. The largest absolute Gasteiger partial charge is 0.481 e. The molecule has 1 aromatic heterocycles. The first-order valence-electron chi connectivity index (χ1n) is 12.0. The zero-order chi connectivity index (χ0) is 27.5. The van der Waals surface area contributed by atoms with Gasteiger partial charge in [0.05, 0.1) is 18.2 Å². The van der Waals surface area contributed by atoms with Gasteiger partial charge in [-0.1, -0.05) is 50.6 Å². The Labute approximate surface area is 216 Å². The summed E-state index contributed by atoms with van der Waals surface area (Å²) in [6.07, 6.45) is -0.321. The number of amides is 1. The number of nitrogens with zero attached hydrogens (tertiary/aromatic N) is 2. The van der Waals surface area contributed by atoms with Crippen molar-refractivity contribution in [3.63, 3.8) is 0 Å². The summed E-state index contributed by atoms with van der Waals surface area (Å²) in [6.45, 7) is 10.9. The molecule has 198 valence electrons. The Balaban J connectivity index is 1.96. The van der Waals surface area contributed by atoms with E-state index in [2.05, 4.69) is 10.4 Å². The van der Waals surface area contributed by atoms with Crippen molar-refractivity contribution >= 4 is 11.9 Å². The smallest absolute Gasteiger partial charge is 0.305 e. The molecule has 0 aliphatic rings. The van der Waals surface area contributed by atoms with Gasteiger partial charge in [-0.15, -0.1) is 0 Å². The van der Waals surface area contributed by atoms with Gasteiger partial charge in [-0.3, -0.25) is 9.59 Å². The first-order valence-corrected chi connectivity index (χ1v) is 12.0. The molecule has 8 nitrogen and oxygen atoms in total. The van der Waals surface area contributed by atoms with Gasteiger partial charge in [0.1, 0.15) is 18.0 Å². The second-order valence-electron chi connectivity index (χ2n) is 10.6. The van der Waals surface area contributed by atoms with E-state index in [4.69, 9.17) is 4.74 Å². The first kappa shape index (κ1) is 27.9. The average Bonchev–Trinajstić information content (AvgIpc) is 3.21. The SMILES string of the molecule is Cc1ccc([C@H](CC(=O)O)NC(=O)c2cc(OC[C@@](C)(O)C(C)(C)C)n(-c3cccc(F)c3)n2)c(C)c1. The normalized spacial score (nSPS) is 14.1. The van der Waals surface area contributed by atoms with Crippen LogP contribution in [0.5, 0.6) is 5.88 Å². The number of halogens is 1. The monoisotopic (exact) mass is 511 g/mol. The van der Waals surface area contributed by atoms with Crippen LogP contribution in [0.4, 0.5) is 4.39 Å². The van der Waals surface area contributed by atoms with E-state index in [1.165, 1.54) is 28.9 Å². The summed E-state index contributed by atoms with van der Waals surface area (Å²) < 4.78 is 21.1. The van der Waals surface area contributed by atoms with E-state index < -0.39 is 34.8 Å². The highest BCUT2D eigenvalue weighted by atomic mass is 19.1. The van der Waals surface area contributed by atoms with Crippen LogP contribution >= 0.6 is 0 Å². The molecule has 0 aliphatic carbocycles. The number of carbonyl (C=O) groups is 2. The van der Waals surface area contributed by atoms with Crippen LogP contribution in [-0.2, 0) is 4.79 Å². The maximum atomic E-state index is 14.0. The molecule has 1 amide bonds. The van der Waals surface area contributed by atoms with E-state index in [0.717, 1.165) is 11.1 Å². The highest BCUT2D eigenvalue weighted by Gasteiger charge is 2.36. The van der Waals surface area contributed by atoms with Crippen LogP contribution in [0.3, 0.4) is 0 Å². The third kappa shape index (κ3) is 6.74. The zero-order valence-electron chi connectivity index (χ0n) is 22.0. The van der Waals surface area contributed by atoms with Crippen molar-refractivity contribution in [2.24, 2.45) is 5.41 Å². The van der Waals surface area contributed by atoms with Crippen molar-refractivity contribution in [2.45, 2.75) is 59.6 Å². The first-order chi connectivity index (χ1) is 17.2. The molecule has 0 unspecified atom stereocenters. The minimum atomic E-state index is -1.22. The molecule has 0 spiro atoms. The summed E-state index contributed by atoms with van der Waals surface area (Å²) in [7, 11) is 0. The van der Waals surface area contributed by atoms with Crippen molar-refractivity contribution < 1.29 is 28.9 Å². The topological polar surface area (TPSA) is 114 Å². The van der Waals surface area contributed by atoms with Crippen LogP contribution < -0.4 is 10.1 Å². The molecule has 2 aromatic carbocycles. The Morgan fingerprint density at radius 1 is 1.11 bits per heavy atom. The lowest BCUT2D eigenvalue weighted by atomic mass is 9.78. The van der Waals surface area contributed by atoms with Crippen LogP contribution in [0, 0.1) is 25.1 Å². The lowest BCUT2D eigenvalue weighted by Gasteiger charge is -2.36. The molecule has 0 saturated heterocycles. The van der Waals surface area contributed by atoms with Crippen LogP contribution in [0.15, 0.2) is 48.5 Å². The number of carbonyl (C=O) groups excluding carboxylic acids is 1. The van der Waals surface area contributed by atoms with Gasteiger partial charge in [0.15, 0.2) is 5.69 Å². The maximum absolute atomic E-state index is 14.0. The molecule has 0 saturated carbocycles. The number of nitrogens with one attached hydrogen (secondary N) is 1. The second-order valence-corrected chi connectivity index (χ2v) is 10.6. The molecule has 0 aliphatic heterocycles. The number of ether oxygens (including phenoxy) is 1. The molecule has 9 heteroatoms. The van der Waals surface area contributed by atoms with Gasteiger partial charge in [0.2, 0.25) is 5.88 Å². The van der Waals surface area contributed by atoms with Crippen molar-refractivity contribution in [2.75, 3.05) is 6.61 Å². The van der Waals surface area contributed by atoms with Gasteiger partial charge < -0.3 is 20.3 Å². The summed E-state index contributed by atoms with van der Waals surface area (Å²) in [5.74, 6) is -2.05. The Bertz CT molecular complexity index is 1290. The molecule has 2 atom stereocenters. The molecule has 0 bridgehead atoms. The van der Waals surface area contributed by atoms with Gasteiger partial charge >= 0.3 is 5.97 Å². The third-order valence-electron chi connectivity index (χ3n) is 6.56.